The molecule has 0 fully saturated rings. The first-order valence-electron chi connectivity index (χ1n) is 4.36. The minimum absolute atomic E-state index is 0.0343. The van der Waals surface area contributed by atoms with Crippen LogP contribution in [0.2, 0.25) is 0 Å². The third kappa shape index (κ3) is 2.87. The van der Waals surface area contributed by atoms with Gasteiger partial charge in [-0.25, -0.2) is 0 Å². The molecule has 1 aromatic rings. The van der Waals surface area contributed by atoms with Crippen LogP contribution in [-0.2, 0) is 0 Å². The van der Waals surface area contributed by atoms with Crippen molar-refractivity contribution in [2.75, 3.05) is 0 Å². The van der Waals surface area contributed by atoms with Gasteiger partial charge in [0.05, 0.1) is 9.40 Å². The molecular weight excluding hydrogens is 260 g/mol. The van der Waals surface area contributed by atoms with Crippen LogP contribution in [0.3, 0.4) is 0 Å². The van der Waals surface area contributed by atoms with E-state index in [9.17, 15) is 10.1 Å². The molecule has 80 valence electrons. The van der Waals surface area contributed by atoms with Crippen molar-refractivity contribution in [2.24, 2.45) is 5.73 Å². The lowest BCUT2D eigenvalue weighted by atomic mass is 10.0. The first kappa shape index (κ1) is 11.9. The number of benzene rings is 1. The van der Waals surface area contributed by atoms with Crippen LogP contribution in [0, 0.1) is 10.1 Å². The highest BCUT2D eigenvalue weighted by Crippen LogP contribution is 2.28. The summed E-state index contributed by atoms with van der Waals surface area (Å²) in [5.74, 6) is 0. The lowest BCUT2D eigenvalue weighted by Crippen LogP contribution is -2.09. The molecule has 2 N–H and O–H groups in total. The van der Waals surface area contributed by atoms with Crippen LogP contribution in [-0.4, -0.2) is 4.92 Å². The summed E-state index contributed by atoms with van der Waals surface area (Å²) in [4.78, 5) is 10.2. The van der Waals surface area contributed by atoms with Crippen LogP contribution in [0.5, 0.6) is 0 Å². The van der Waals surface area contributed by atoms with Crippen LogP contribution >= 0.6 is 15.9 Å². The Labute approximate surface area is 96.1 Å². The monoisotopic (exact) mass is 270 g/mol. The van der Waals surface area contributed by atoms with Crippen LogP contribution in [0.4, 0.5) is 5.69 Å². The van der Waals surface area contributed by atoms with E-state index in [2.05, 4.69) is 22.5 Å². The molecule has 5 heteroatoms. The molecule has 0 aliphatic heterocycles. The summed E-state index contributed by atoms with van der Waals surface area (Å²) in [5.41, 5.74) is 6.59. The second kappa shape index (κ2) is 5.04. The molecule has 15 heavy (non-hydrogen) atoms. The summed E-state index contributed by atoms with van der Waals surface area (Å²) in [5, 5.41) is 10.7. The number of rotatable bonds is 4. The van der Waals surface area contributed by atoms with Crippen LogP contribution in [0.25, 0.3) is 0 Å². The molecule has 1 atom stereocenters. The molecule has 0 aliphatic rings. The maximum Gasteiger partial charge on any atom is 0.283 e. The van der Waals surface area contributed by atoms with E-state index >= 15 is 0 Å². The normalized spacial score (nSPS) is 12.1. The summed E-state index contributed by atoms with van der Waals surface area (Å²) in [7, 11) is 0. The maximum atomic E-state index is 10.7. The second-order valence-corrected chi connectivity index (χ2v) is 3.95. The number of nitrogens with zero attached hydrogens (tertiary/aromatic N) is 1. The molecule has 1 rings (SSSR count). The van der Waals surface area contributed by atoms with E-state index in [1.807, 2.05) is 0 Å². The molecule has 0 radical (unpaired) electrons. The zero-order chi connectivity index (χ0) is 11.4. The fourth-order valence-electron chi connectivity index (χ4n) is 1.22. The fraction of sp³-hybridized carbons (Fsp3) is 0.200. The minimum atomic E-state index is -0.436. The quantitative estimate of drug-likeness (QED) is 0.520. The Bertz CT molecular complexity index is 393. The van der Waals surface area contributed by atoms with E-state index in [4.69, 9.17) is 5.73 Å². The first-order chi connectivity index (χ1) is 7.06. The third-order valence-electron chi connectivity index (χ3n) is 2.02. The molecule has 0 aromatic heterocycles. The highest BCUT2D eigenvalue weighted by Gasteiger charge is 2.14. The van der Waals surface area contributed by atoms with Gasteiger partial charge in [-0.1, -0.05) is 12.1 Å². The summed E-state index contributed by atoms with van der Waals surface area (Å²) in [6.07, 6.45) is 2.29. The summed E-state index contributed by atoms with van der Waals surface area (Å²) < 4.78 is 0.460. The van der Waals surface area contributed by atoms with Gasteiger partial charge in [-0.15, -0.1) is 6.58 Å². The zero-order valence-electron chi connectivity index (χ0n) is 8.02. The molecular formula is C10H11BrN2O2. The Morgan fingerprint density at radius 2 is 2.33 bits per heavy atom. The van der Waals surface area contributed by atoms with Crippen LogP contribution in [0.15, 0.2) is 35.3 Å². The first-order valence-corrected chi connectivity index (χ1v) is 5.16. The zero-order valence-corrected chi connectivity index (χ0v) is 9.61. The topological polar surface area (TPSA) is 69.2 Å². The van der Waals surface area contributed by atoms with Crippen molar-refractivity contribution in [3.05, 3.63) is 51.0 Å². The lowest BCUT2D eigenvalue weighted by molar-refractivity contribution is -0.385. The van der Waals surface area contributed by atoms with Crippen molar-refractivity contribution in [3.63, 3.8) is 0 Å². The van der Waals surface area contributed by atoms with Gasteiger partial charge >= 0.3 is 0 Å². The third-order valence-corrected chi connectivity index (χ3v) is 2.69. The Kier molecular flexibility index (Phi) is 3.99. The highest BCUT2D eigenvalue weighted by molar-refractivity contribution is 9.10. The summed E-state index contributed by atoms with van der Waals surface area (Å²) in [6, 6.07) is 4.65. The van der Waals surface area contributed by atoms with Crippen molar-refractivity contribution in [1.82, 2.24) is 0 Å². The molecule has 0 aliphatic carbocycles. The Morgan fingerprint density at radius 1 is 1.67 bits per heavy atom. The molecule has 0 saturated heterocycles. The number of nitro benzene ring substituents is 1. The standard InChI is InChI=1S/C10H11BrN2O2/c1-2-3-9(12)7-4-5-8(11)10(6-7)13(14)15/h2,4-6,9H,1,3,12H2/t9-/m0/s1. The number of hydrogen-bond acceptors (Lipinski definition) is 3. The van der Waals surface area contributed by atoms with Crippen molar-refractivity contribution in [2.45, 2.75) is 12.5 Å². The molecule has 0 heterocycles. The smallest absolute Gasteiger partial charge is 0.283 e. The summed E-state index contributed by atoms with van der Waals surface area (Å²) >= 11 is 3.12. The van der Waals surface area contributed by atoms with Crippen molar-refractivity contribution < 1.29 is 4.92 Å². The molecule has 0 amide bonds. The molecule has 4 nitrogen and oxygen atoms in total. The minimum Gasteiger partial charge on any atom is -0.324 e. The van der Waals surface area contributed by atoms with Crippen molar-refractivity contribution >= 4 is 21.6 Å². The van der Waals surface area contributed by atoms with E-state index < -0.39 is 4.92 Å². The Morgan fingerprint density at radius 3 is 2.87 bits per heavy atom. The Balaban J connectivity index is 3.06. The average molecular weight is 271 g/mol. The fourth-order valence-corrected chi connectivity index (χ4v) is 1.61. The molecule has 0 saturated carbocycles. The largest absolute Gasteiger partial charge is 0.324 e. The van der Waals surface area contributed by atoms with Gasteiger partial charge < -0.3 is 5.73 Å². The van der Waals surface area contributed by atoms with Gasteiger partial charge in [-0.05, 0) is 34.0 Å². The number of halogens is 1. The van der Waals surface area contributed by atoms with Gasteiger partial charge in [-0.2, -0.15) is 0 Å². The van der Waals surface area contributed by atoms with Gasteiger partial charge in [0.25, 0.3) is 5.69 Å². The van der Waals surface area contributed by atoms with Gasteiger partial charge in [0, 0.05) is 12.1 Å². The average Bonchev–Trinajstić information content (AvgIpc) is 2.18. The highest BCUT2D eigenvalue weighted by atomic mass is 79.9. The number of nitrogens with two attached hydrogens (primary N) is 1. The number of nitro groups is 1. The van der Waals surface area contributed by atoms with Gasteiger partial charge in [-0.3, -0.25) is 10.1 Å². The van der Waals surface area contributed by atoms with Gasteiger partial charge in [0.1, 0.15) is 0 Å². The molecule has 0 unspecified atom stereocenters. The molecule has 1 aromatic carbocycles. The van der Waals surface area contributed by atoms with Crippen molar-refractivity contribution in [3.8, 4) is 0 Å². The van der Waals surface area contributed by atoms with E-state index in [1.54, 1.807) is 18.2 Å². The van der Waals surface area contributed by atoms with E-state index in [0.717, 1.165) is 5.56 Å². The van der Waals surface area contributed by atoms with E-state index in [0.29, 0.717) is 10.9 Å². The summed E-state index contributed by atoms with van der Waals surface area (Å²) in [6.45, 7) is 3.58. The van der Waals surface area contributed by atoms with Crippen LogP contribution in [0.1, 0.15) is 18.0 Å². The maximum absolute atomic E-state index is 10.7. The van der Waals surface area contributed by atoms with Gasteiger partial charge in [0.15, 0.2) is 0 Å². The number of hydrogen-bond donors (Lipinski definition) is 1. The molecule has 0 spiro atoms. The lowest BCUT2D eigenvalue weighted by Gasteiger charge is -2.09. The van der Waals surface area contributed by atoms with Crippen molar-refractivity contribution in [1.29, 1.82) is 0 Å². The molecule has 0 bridgehead atoms. The van der Waals surface area contributed by atoms with Crippen LogP contribution < -0.4 is 5.73 Å². The van der Waals surface area contributed by atoms with E-state index in [1.165, 1.54) is 6.07 Å². The van der Waals surface area contributed by atoms with E-state index in [-0.39, 0.29) is 11.7 Å². The SMILES string of the molecule is C=CC[C@H](N)c1ccc(Br)c([N+](=O)[O-])c1. The Hall–Kier alpha value is -1.20. The van der Waals surface area contributed by atoms with Gasteiger partial charge in [0.2, 0.25) is 0 Å². The predicted octanol–water partition coefficient (Wildman–Crippen LogP) is 2.93. The predicted molar refractivity (Wildman–Crippen MR) is 62.5 cm³/mol. The second-order valence-electron chi connectivity index (χ2n) is 3.10.